The van der Waals surface area contributed by atoms with Crippen LogP contribution in [0.2, 0.25) is 5.02 Å². The molecular formula is C16H23ClN2O3. The Morgan fingerprint density at radius 2 is 2.32 bits per heavy atom. The molecule has 0 spiro atoms. The van der Waals surface area contributed by atoms with E-state index in [1.54, 1.807) is 4.90 Å². The third-order valence-corrected chi connectivity index (χ3v) is 4.12. The quantitative estimate of drug-likeness (QED) is 0.905. The SMILES string of the molecule is CC(C)CCC[C@H]1CN(C(=O)c2c[nH]c(=O)c(Cl)c2)CCO1. The van der Waals surface area contributed by atoms with Gasteiger partial charge in [-0.2, -0.15) is 0 Å². The second-order valence-electron chi connectivity index (χ2n) is 6.13. The molecule has 1 fully saturated rings. The Hall–Kier alpha value is -1.33. The van der Waals surface area contributed by atoms with E-state index in [0.717, 1.165) is 12.8 Å². The molecule has 1 amide bonds. The summed E-state index contributed by atoms with van der Waals surface area (Å²) in [6.45, 7) is 6.12. The van der Waals surface area contributed by atoms with Crippen molar-refractivity contribution in [2.45, 2.75) is 39.2 Å². The third-order valence-electron chi connectivity index (χ3n) is 3.84. The number of rotatable bonds is 5. The van der Waals surface area contributed by atoms with Crippen LogP contribution in [0, 0.1) is 5.92 Å². The van der Waals surface area contributed by atoms with Gasteiger partial charge in [0.25, 0.3) is 11.5 Å². The van der Waals surface area contributed by atoms with Gasteiger partial charge in [0.2, 0.25) is 0 Å². The van der Waals surface area contributed by atoms with Crippen molar-refractivity contribution >= 4 is 17.5 Å². The monoisotopic (exact) mass is 326 g/mol. The Morgan fingerprint density at radius 1 is 1.55 bits per heavy atom. The highest BCUT2D eigenvalue weighted by Gasteiger charge is 2.25. The number of hydrogen-bond acceptors (Lipinski definition) is 3. The molecule has 1 aliphatic heterocycles. The van der Waals surface area contributed by atoms with E-state index in [4.69, 9.17) is 16.3 Å². The molecule has 1 atom stereocenters. The van der Waals surface area contributed by atoms with Crippen LogP contribution < -0.4 is 5.56 Å². The van der Waals surface area contributed by atoms with Gasteiger partial charge in [-0.1, -0.05) is 38.3 Å². The molecule has 1 aromatic rings. The van der Waals surface area contributed by atoms with Crippen LogP contribution in [-0.4, -0.2) is 41.6 Å². The van der Waals surface area contributed by atoms with Gasteiger partial charge >= 0.3 is 0 Å². The van der Waals surface area contributed by atoms with Gasteiger partial charge in [0.05, 0.1) is 18.3 Å². The number of ether oxygens (including phenoxy) is 1. The maximum absolute atomic E-state index is 12.5. The molecule has 1 aromatic heterocycles. The van der Waals surface area contributed by atoms with E-state index in [2.05, 4.69) is 18.8 Å². The Labute approximate surface area is 135 Å². The lowest BCUT2D eigenvalue weighted by molar-refractivity contribution is -0.0260. The molecule has 2 heterocycles. The number of morpholine rings is 1. The van der Waals surface area contributed by atoms with Crippen LogP contribution in [0.25, 0.3) is 0 Å². The molecule has 122 valence electrons. The summed E-state index contributed by atoms with van der Waals surface area (Å²) in [5.74, 6) is 0.569. The van der Waals surface area contributed by atoms with Gasteiger partial charge in [-0.05, 0) is 18.4 Å². The van der Waals surface area contributed by atoms with Crippen LogP contribution in [-0.2, 0) is 4.74 Å². The van der Waals surface area contributed by atoms with Crippen molar-refractivity contribution in [2.24, 2.45) is 5.92 Å². The van der Waals surface area contributed by atoms with E-state index >= 15 is 0 Å². The minimum Gasteiger partial charge on any atom is -0.375 e. The highest BCUT2D eigenvalue weighted by atomic mass is 35.5. The molecule has 22 heavy (non-hydrogen) atoms. The molecule has 1 N–H and O–H groups in total. The summed E-state index contributed by atoms with van der Waals surface area (Å²) >= 11 is 5.78. The normalized spacial score (nSPS) is 18.7. The van der Waals surface area contributed by atoms with Gasteiger partial charge in [-0.25, -0.2) is 0 Å². The molecule has 6 heteroatoms. The van der Waals surface area contributed by atoms with E-state index in [1.807, 2.05) is 0 Å². The number of carbonyl (C=O) groups is 1. The average molecular weight is 327 g/mol. The number of H-pyrrole nitrogens is 1. The molecule has 0 saturated carbocycles. The zero-order valence-electron chi connectivity index (χ0n) is 13.1. The van der Waals surface area contributed by atoms with Gasteiger partial charge < -0.3 is 14.6 Å². The Bertz CT molecular complexity index is 571. The van der Waals surface area contributed by atoms with Gasteiger partial charge in [0.15, 0.2) is 0 Å². The van der Waals surface area contributed by atoms with Crippen molar-refractivity contribution < 1.29 is 9.53 Å². The molecule has 0 radical (unpaired) electrons. The Balaban J connectivity index is 1.94. The topological polar surface area (TPSA) is 62.4 Å². The predicted octanol–water partition coefficient (Wildman–Crippen LogP) is 2.70. The van der Waals surface area contributed by atoms with Crippen LogP contribution in [0.1, 0.15) is 43.5 Å². The molecule has 5 nitrogen and oxygen atoms in total. The largest absolute Gasteiger partial charge is 0.375 e. The van der Waals surface area contributed by atoms with Gasteiger partial charge in [0.1, 0.15) is 5.02 Å². The van der Waals surface area contributed by atoms with Crippen molar-refractivity contribution in [2.75, 3.05) is 19.7 Å². The first-order valence-electron chi connectivity index (χ1n) is 7.76. The third kappa shape index (κ3) is 4.58. The molecule has 0 unspecified atom stereocenters. The zero-order valence-corrected chi connectivity index (χ0v) is 13.9. The first-order valence-corrected chi connectivity index (χ1v) is 8.14. The van der Waals surface area contributed by atoms with E-state index in [-0.39, 0.29) is 22.6 Å². The number of halogens is 1. The molecule has 1 saturated heterocycles. The van der Waals surface area contributed by atoms with Crippen LogP contribution in [0.4, 0.5) is 0 Å². The van der Waals surface area contributed by atoms with Crippen molar-refractivity contribution in [1.82, 2.24) is 9.88 Å². The maximum Gasteiger partial charge on any atom is 0.266 e. The summed E-state index contributed by atoms with van der Waals surface area (Å²) in [6, 6.07) is 1.42. The summed E-state index contributed by atoms with van der Waals surface area (Å²) in [7, 11) is 0. The summed E-state index contributed by atoms with van der Waals surface area (Å²) in [5.41, 5.74) is 0.0270. The van der Waals surface area contributed by atoms with E-state index in [9.17, 15) is 9.59 Å². The fourth-order valence-electron chi connectivity index (χ4n) is 2.59. The number of amides is 1. The first-order chi connectivity index (χ1) is 10.5. The maximum atomic E-state index is 12.5. The second-order valence-corrected chi connectivity index (χ2v) is 6.54. The molecule has 0 bridgehead atoms. The highest BCUT2D eigenvalue weighted by Crippen LogP contribution is 2.16. The van der Waals surface area contributed by atoms with E-state index in [0.29, 0.717) is 31.2 Å². The standard InChI is InChI=1S/C16H23ClN2O3/c1-11(2)4-3-5-13-10-19(6-7-22-13)16(21)12-8-14(17)15(20)18-9-12/h8-9,11,13H,3-7,10H2,1-2H3,(H,18,20)/t13-/m0/s1. The number of hydrogen-bond donors (Lipinski definition) is 1. The predicted molar refractivity (Wildman–Crippen MR) is 86.4 cm³/mol. The molecule has 1 aliphatic rings. The summed E-state index contributed by atoms with van der Waals surface area (Å²) in [4.78, 5) is 28.0. The second kappa shape index (κ2) is 7.79. The molecule has 2 rings (SSSR count). The fourth-order valence-corrected chi connectivity index (χ4v) is 2.77. The number of aromatic amines is 1. The van der Waals surface area contributed by atoms with Gasteiger partial charge in [-0.3, -0.25) is 9.59 Å². The van der Waals surface area contributed by atoms with Crippen LogP contribution in [0.5, 0.6) is 0 Å². The summed E-state index contributed by atoms with van der Waals surface area (Å²) < 4.78 is 5.74. The van der Waals surface area contributed by atoms with Crippen molar-refractivity contribution in [3.63, 3.8) is 0 Å². The Morgan fingerprint density at radius 3 is 3.00 bits per heavy atom. The highest BCUT2D eigenvalue weighted by molar-refractivity contribution is 6.30. The smallest absolute Gasteiger partial charge is 0.266 e. The number of carbonyl (C=O) groups excluding carboxylic acids is 1. The zero-order chi connectivity index (χ0) is 16.1. The number of aromatic nitrogens is 1. The lowest BCUT2D eigenvalue weighted by Gasteiger charge is -2.33. The molecular weight excluding hydrogens is 304 g/mol. The van der Waals surface area contributed by atoms with Crippen LogP contribution in [0.15, 0.2) is 17.1 Å². The lowest BCUT2D eigenvalue weighted by Crippen LogP contribution is -2.45. The minimum atomic E-state index is -0.383. The Kier molecular flexibility index (Phi) is 6.03. The van der Waals surface area contributed by atoms with Crippen molar-refractivity contribution in [3.8, 4) is 0 Å². The first kappa shape index (κ1) is 17.0. The molecule has 0 aromatic carbocycles. The van der Waals surface area contributed by atoms with E-state index in [1.165, 1.54) is 18.7 Å². The van der Waals surface area contributed by atoms with Gasteiger partial charge in [0, 0.05) is 19.3 Å². The molecule has 0 aliphatic carbocycles. The van der Waals surface area contributed by atoms with Crippen LogP contribution in [0.3, 0.4) is 0 Å². The van der Waals surface area contributed by atoms with Crippen molar-refractivity contribution in [1.29, 1.82) is 0 Å². The number of nitrogens with zero attached hydrogens (tertiary/aromatic N) is 1. The van der Waals surface area contributed by atoms with Crippen molar-refractivity contribution in [3.05, 3.63) is 33.2 Å². The number of pyridine rings is 1. The summed E-state index contributed by atoms with van der Waals surface area (Å²) in [5, 5.41) is 0.0348. The van der Waals surface area contributed by atoms with Gasteiger partial charge in [-0.15, -0.1) is 0 Å². The van der Waals surface area contributed by atoms with Crippen LogP contribution >= 0.6 is 11.6 Å². The number of nitrogens with one attached hydrogen (secondary N) is 1. The minimum absolute atomic E-state index is 0.0348. The fraction of sp³-hybridized carbons (Fsp3) is 0.625. The summed E-state index contributed by atoms with van der Waals surface area (Å²) in [6.07, 6.45) is 4.75. The van der Waals surface area contributed by atoms with E-state index < -0.39 is 0 Å². The lowest BCUT2D eigenvalue weighted by atomic mass is 10.0. The average Bonchev–Trinajstić information content (AvgIpc) is 2.49.